The number of hydrogen-bond acceptors (Lipinski definition) is 4. The Morgan fingerprint density at radius 1 is 1.37 bits per heavy atom. The van der Waals surface area contributed by atoms with Gasteiger partial charge in [-0.15, -0.1) is 0 Å². The van der Waals surface area contributed by atoms with E-state index in [9.17, 15) is 5.11 Å². The normalized spacial score (nSPS) is 22.6. The molecule has 0 bridgehead atoms. The minimum absolute atomic E-state index is 0.242. The van der Waals surface area contributed by atoms with E-state index >= 15 is 0 Å². The molecule has 0 aromatic heterocycles. The van der Waals surface area contributed by atoms with Gasteiger partial charge in [0.05, 0.1) is 18.8 Å². The molecule has 4 nitrogen and oxygen atoms in total. The van der Waals surface area contributed by atoms with Crippen molar-refractivity contribution < 1.29 is 9.84 Å². The van der Waals surface area contributed by atoms with Gasteiger partial charge in [0, 0.05) is 26.2 Å². The number of hydrogen-bond donors (Lipinski definition) is 1. The molecule has 19 heavy (non-hydrogen) atoms. The first-order valence-electron chi connectivity index (χ1n) is 6.87. The van der Waals surface area contributed by atoms with Crippen LogP contribution < -0.4 is 0 Å². The van der Waals surface area contributed by atoms with E-state index in [0.29, 0.717) is 6.54 Å². The topological polar surface area (TPSA) is 35.9 Å². The average molecular weight is 264 g/mol. The summed E-state index contributed by atoms with van der Waals surface area (Å²) in [5.74, 6) is 0. The van der Waals surface area contributed by atoms with Crippen LogP contribution in [0.4, 0.5) is 0 Å². The third-order valence-electron chi connectivity index (χ3n) is 3.41. The molecule has 0 spiro atoms. The van der Waals surface area contributed by atoms with Crippen LogP contribution in [-0.2, 0) is 4.74 Å². The lowest BCUT2D eigenvalue weighted by molar-refractivity contribution is -0.0489. The van der Waals surface area contributed by atoms with Gasteiger partial charge < -0.3 is 14.7 Å². The maximum absolute atomic E-state index is 10.2. The third-order valence-corrected chi connectivity index (χ3v) is 3.41. The minimum atomic E-state index is -0.417. The molecule has 2 atom stereocenters. The number of aliphatic hydroxyl groups excluding tert-OH is 1. The summed E-state index contributed by atoms with van der Waals surface area (Å²) in [5, 5.41) is 10.2. The highest BCUT2D eigenvalue weighted by Crippen LogP contribution is 2.15. The first-order chi connectivity index (χ1) is 9.15. The third kappa shape index (κ3) is 4.58. The summed E-state index contributed by atoms with van der Waals surface area (Å²) >= 11 is 0. The predicted molar refractivity (Wildman–Crippen MR) is 76.1 cm³/mol. The van der Waals surface area contributed by atoms with Crippen molar-refractivity contribution in [3.05, 3.63) is 35.9 Å². The number of morpholine rings is 1. The largest absolute Gasteiger partial charge is 0.387 e. The summed E-state index contributed by atoms with van der Waals surface area (Å²) in [7, 11) is 4.11. The Morgan fingerprint density at radius 2 is 2.11 bits per heavy atom. The summed E-state index contributed by atoms with van der Waals surface area (Å²) in [5.41, 5.74) is 0.984. The van der Waals surface area contributed by atoms with E-state index in [1.165, 1.54) is 0 Å². The van der Waals surface area contributed by atoms with Gasteiger partial charge >= 0.3 is 0 Å². The fourth-order valence-electron chi connectivity index (χ4n) is 2.49. The Bertz CT molecular complexity index is 370. The van der Waals surface area contributed by atoms with Crippen LogP contribution in [0.25, 0.3) is 0 Å². The maximum atomic E-state index is 10.2. The van der Waals surface area contributed by atoms with Crippen LogP contribution in [0.2, 0.25) is 0 Å². The molecule has 106 valence electrons. The Balaban J connectivity index is 1.85. The van der Waals surface area contributed by atoms with Crippen molar-refractivity contribution in [3.8, 4) is 0 Å². The lowest BCUT2D eigenvalue weighted by Gasteiger charge is -2.35. The monoisotopic (exact) mass is 264 g/mol. The molecule has 1 heterocycles. The second-order valence-electron chi connectivity index (χ2n) is 5.44. The Labute approximate surface area is 115 Å². The van der Waals surface area contributed by atoms with Crippen molar-refractivity contribution in [2.45, 2.75) is 12.2 Å². The van der Waals surface area contributed by atoms with Gasteiger partial charge in [-0.3, -0.25) is 4.90 Å². The van der Waals surface area contributed by atoms with Gasteiger partial charge in [-0.2, -0.15) is 0 Å². The van der Waals surface area contributed by atoms with E-state index < -0.39 is 6.10 Å². The van der Waals surface area contributed by atoms with Crippen molar-refractivity contribution in [1.82, 2.24) is 9.80 Å². The number of β-amino-alcohol motifs (C(OH)–C–C–N with tert-alkyl or cyclic N) is 1. The van der Waals surface area contributed by atoms with Crippen LogP contribution >= 0.6 is 0 Å². The van der Waals surface area contributed by atoms with Crippen LogP contribution in [-0.4, -0.2) is 67.9 Å². The second kappa shape index (κ2) is 7.01. The number of nitrogens with zero attached hydrogens (tertiary/aromatic N) is 2. The molecule has 1 aliphatic rings. The Morgan fingerprint density at radius 3 is 2.79 bits per heavy atom. The molecule has 1 fully saturated rings. The van der Waals surface area contributed by atoms with Crippen molar-refractivity contribution in [2.24, 2.45) is 0 Å². The Hall–Kier alpha value is -0.940. The molecule has 0 saturated carbocycles. The van der Waals surface area contributed by atoms with Crippen LogP contribution in [0, 0.1) is 0 Å². The molecule has 1 aromatic carbocycles. The predicted octanol–water partition coefficient (Wildman–Crippen LogP) is 0.982. The van der Waals surface area contributed by atoms with Crippen molar-refractivity contribution in [2.75, 3.05) is 46.9 Å². The quantitative estimate of drug-likeness (QED) is 0.860. The van der Waals surface area contributed by atoms with Crippen molar-refractivity contribution in [1.29, 1.82) is 0 Å². The molecular weight excluding hydrogens is 240 g/mol. The first-order valence-corrected chi connectivity index (χ1v) is 6.87. The molecule has 0 unspecified atom stereocenters. The summed E-state index contributed by atoms with van der Waals surface area (Å²) in [6.45, 7) is 4.14. The fourth-order valence-corrected chi connectivity index (χ4v) is 2.49. The maximum Gasteiger partial charge on any atom is 0.0916 e. The van der Waals surface area contributed by atoms with Crippen LogP contribution in [0.3, 0.4) is 0 Å². The lowest BCUT2D eigenvalue weighted by atomic mass is 10.1. The van der Waals surface area contributed by atoms with E-state index in [1.807, 2.05) is 30.3 Å². The second-order valence-corrected chi connectivity index (χ2v) is 5.44. The molecule has 4 heteroatoms. The SMILES string of the molecule is CN(C)C[C@H]1CN(C[C@@H](O)c2ccccc2)CCO1. The molecule has 1 aromatic rings. The van der Waals surface area contributed by atoms with E-state index in [1.54, 1.807) is 0 Å². The zero-order chi connectivity index (χ0) is 13.7. The molecule has 1 saturated heterocycles. The van der Waals surface area contributed by atoms with Gasteiger partial charge in [0.1, 0.15) is 0 Å². The number of benzene rings is 1. The fraction of sp³-hybridized carbons (Fsp3) is 0.600. The van der Waals surface area contributed by atoms with Gasteiger partial charge in [-0.25, -0.2) is 0 Å². The van der Waals surface area contributed by atoms with Crippen LogP contribution in [0.15, 0.2) is 30.3 Å². The summed E-state index contributed by atoms with van der Waals surface area (Å²) in [6, 6.07) is 9.85. The van der Waals surface area contributed by atoms with Gasteiger partial charge in [-0.1, -0.05) is 30.3 Å². The van der Waals surface area contributed by atoms with Gasteiger partial charge in [0.2, 0.25) is 0 Å². The average Bonchev–Trinajstić information content (AvgIpc) is 2.39. The number of ether oxygens (including phenoxy) is 1. The zero-order valence-corrected chi connectivity index (χ0v) is 11.8. The summed E-state index contributed by atoms with van der Waals surface area (Å²) in [6.07, 6.45) is -0.175. The standard InChI is InChI=1S/C15H24N2O2/c1-16(2)10-14-11-17(8-9-19-14)12-15(18)13-6-4-3-5-7-13/h3-7,14-15,18H,8-12H2,1-2H3/t14-,15+/m0/s1. The van der Waals surface area contributed by atoms with E-state index in [0.717, 1.165) is 31.8 Å². The van der Waals surface area contributed by atoms with Gasteiger partial charge in [-0.05, 0) is 19.7 Å². The van der Waals surface area contributed by atoms with Crippen LogP contribution in [0.1, 0.15) is 11.7 Å². The highest BCUT2D eigenvalue weighted by Gasteiger charge is 2.23. The number of rotatable bonds is 5. The van der Waals surface area contributed by atoms with Crippen molar-refractivity contribution in [3.63, 3.8) is 0 Å². The smallest absolute Gasteiger partial charge is 0.0916 e. The van der Waals surface area contributed by atoms with E-state index in [2.05, 4.69) is 23.9 Å². The molecule has 2 rings (SSSR count). The highest BCUT2D eigenvalue weighted by atomic mass is 16.5. The Kier molecular flexibility index (Phi) is 5.34. The molecule has 1 N–H and O–H groups in total. The molecule has 0 radical (unpaired) electrons. The summed E-state index contributed by atoms with van der Waals surface area (Å²) < 4.78 is 5.74. The van der Waals surface area contributed by atoms with Gasteiger partial charge in [0.25, 0.3) is 0 Å². The van der Waals surface area contributed by atoms with Crippen LogP contribution in [0.5, 0.6) is 0 Å². The highest BCUT2D eigenvalue weighted by molar-refractivity contribution is 5.17. The van der Waals surface area contributed by atoms with E-state index in [4.69, 9.17) is 4.74 Å². The zero-order valence-electron chi connectivity index (χ0n) is 11.8. The number of likely N-dealkylation sites (N-methyl/N-ethyl adjacent to an activating group) is 1. The lowest BCUT2D eigenvalue weighted by Crippen LogP contribution is -2.47. The van der Waals surface area contributed by atoms with Gasteiger partial charge in [0.15, 0.2) is 0 Å². The minimum Gasteiger partial charge on any atom is -0.387 e. The van der Waals surface area contributed by atoms with E-state index in [-0.39, 0.29) is 6.10 Å². The van der Waals surface area contributed by atoms with Crippen molar-refractivity contribution >= 4 is 0 Å². The molecule has 1 aliphatic heterocycles. The first kappa shape index (κ1) is 14.5. The molecule has 0 amide bonds. The number of aliphatic hydroxyl groups is 1. The molecule has 0 aliphatic carbocycles. The summed E-state index contributed by atoms with van der Waals surface area (Å²) in [4.78, 5) is 4.43. The molecular formula is C15H24N2O2.